The maximum atomic E-state index is 4.20. The number of nitrogens with zero attached hydrogens (tertiary/aromatic N) is 2. The molecule has 11 heavy (non-hydrogen) atoms. The third kappa shape index (κ3) is 1.42. The molecule has 0 aliphatic carbocycles. The van der Waals surface area contributed by atoms with E-state index in [0.29, 0.717) is 0 Å². The van der Waals surface area contributed by atoms with Crippen LogP contribution in [0.15, 0.2) is 18.5 Å². The lowest BCUT2D eigenvalue weighted by atomic mass is 10.6. The number of aromatic amines is 1. The average molecular weight is 151 g/mol. The molecule has 2 rings (SSSR count). The van der Waals surface area contributed by atoms with E-state index < -0.39 is 0 Å². The Morgan fingerprint density at radius 1 is 1.45 bits per heavy atom. The summed E-state index contributed by atoms with van der Waals surface area (Å²) < 4.78 is 1.88. The van der Waals surface area contributed by atoms with Gasteiger partial charge in [0.05, 0.1) is 5.69 Å². The van der Waals surface area contributed by atoms with Crippen molar-refractivity contribution in [1.29, 1.82) is 0 Å². The summed E-state index contributed by atoms with van der Waals surface area (Å²) >= 11 is 0. The predicted molar refractivity (Wildman–Crippen MR) is 45.6 cm³/mol. The molecule has 2 aromatic heterocycles. The van der Waals surface area contributed by atoms with Gasteiger partial charge in [0.2, 0.25) is 0 Å². The highest BCUT2D eigenvalue weighted by Gasteiger charge is 1.93. The van der Waals surface area contributed by atoms with Crippen LogP contribution in [0.3, 0.4) is 0 Å². The van der Waals surface area contributed by atoms with E-state index in [1.165, 1.54) is 0 Å². The lowest BCUT2D eigenvalue weighted by Gasteiger charge is -1.75. The maximum absolute atomic E-state index is 4.20. The second-order valence-electron chi connectivity index (χ2n) is 2.07. The molecule has 0 aliphatic rings. The Labute approximate surface area is 66.0 Å². The highest BCUT2D eigenvalue weighted by molar-refractivity contribution is 5.37. The number of rotatable bonds is 0. The van der Waals surface area contributed by atoms with Crippen molar-refractivity contribution in [1.82, 2.24) is 14.6 Å². The van der Waals surface area contributed by atoms with Crippen LogP contribution in [0.25, 0.3) is 5.65 Å². The summed E-state index contributed by atoms with van der Waals surface area (Å²) in [6.45, 7) is 5.97. The van der Waals surface area contributed by atoms with Crippen molar-refractivity contribution in [2.75, 3.05) is 0 Å². The molecular formula is C8H13N3. The van der Waals surface area contributed by atoms with Gasteiger partial charge in [-0.3, -0.25) is 0 Å². The van der Waals surface area contributed by atoms with Crippen LogP contribution in [-0.4, -0.2) is 14.6 Å². The normalized spacial score (nSPS) is 9.36. The topological polar surface area (TPSA) is 33.1 Å². The summed E-state index contributed by atoms with van der Waals surface area (Å²) in [7, 11) is 0. The first-order valence-corrected chi connectivity index (χ1v) is 3.85. The number of hydrogen-bond donors (Lipinski definition) is 1. The van der Waals surface area contributed by atoms with Crippen LogP contribution < -0.4 is 0 Å². The van der Waals surface area contributed by atoms with Gasteiger partial charge in [0.1, 0.15) is 0 Å². The van der Waals surface area contributed by atoms with Gasteiger partial charge in [0.25, 0.3) is 0 Å². The molecule has 0 atom stereocenters. The summed E-state index contributed by atoms with van der Waals surface area (Å²) in [5, 5.41) is 2.99. The second-order valence-corrected chi connectivity index (χ2v) is 2.07. The fourth-order valence-corrected chi connectivity index (χ4v) is 0.929. The Bertz CT molecular complexity index is 290. The van der Waals surface area contributed by atoms with Crippen LogP contribution in [-0.2, 0) is 0 Å². The second kappa shape index (κ2) is 3.23. The van der Waals surface area contributed by atoms with E-state index in [1.807, 2.05) is 43.7 Å². The summed E-state index contributed by atoms with van der Waals surface area (Å²) in [6, 6.07) is 1.94. The molecule has 0 saturated carbocycles. The molecule has 0 aliphatic heterocycles. The zero-order valence-corrected chi connectivity index (χ0v) is 7.13. The van der Waals surface area contributed by atoms with E-state index in [2.05, 4.69) is 10.1 Å². The fraction of sp³-hybridized carbons (Fsp3) is 0.375. The van der Waals surface area contributed by atoms with Crippen LogP contribution in [0.1, 0.15) is 19.5 Å². The maximum Gasteiger partial charge on any atom is 0.153 e. The Hall–Kier alpha value is -1.25. The molecule has 1 N–H and O–H groups in total. The van der Waals surface area contributed by atoms with Crippen LogP contribution in [0, 0.1) is 6.92 Å². The quantitative estimate of drug-likeness (QED) is 0.613. The van der Waals surface area contributed by atoms with Crippen molar-refractivity contribution < 1.29 is 0 Å². The summed E-state index contributed by atoms with van der Waals surface area (Å²) in [5.41, 5.74) is 2.02. The molecule has 0 aromatic carbocycles. The SMILES string of the molecule is CC.Cc1cn2[nH]ccc2n1. The first kappa shape index (κ1) is 7.85. The summed E-state index contributed by atoms with van der Waals surface area (Å²) in [5.74, 6) is 0. The highest BCUT2D eigenvalue weighted by Crippen LogP contribution is 1.99. The monoisotopic (exact) mass is 151 g/mol. The van der Waals surface area contributed by atoms with Crippen molar-refractivity contribution in [3.05, 3.63) is 24.2 Å². The first-order valence-electron chi connectivity index (χ1n) is 3.85. The lowest BCUT2D eigenvalue weighted by molar-refractivity contribution is 0.971. The number of aryl methyl sites for hydroxylation is 1. The van der Waals surface area contributed by atoms with Crippen LogP contribution >= 0.6 is 0 Å². The Kier molecular flexibility index (Phi) is 2.31. The number of aromatic nitrogens is 3. The summed E-state index contributed by atoms with van der Waals surface area (Å²) in [6.07, 6.45) is 3.82. The third-order valence-electron chi connectivity index (χ3n) is 1.30. The standard InChI is InChI=1S/C6H7N3.C2H6/c1-5-4-9-6(8-5)2-3-7-9;1-2/h2-4,7H,1H3;1-2H3. The molecule has 3 heteroatoms. The Morgan fingerprint density at radius 2 is 2.18 bits per heavy atom. The van der Waals surface area contributed by atoms with E-state index in [4.69, 9.17) is 0 Å². The van der Waals surface area contributed by atoms with E-state index in [-0.39, 0.29) is 0 Å². The van der Waals surface area contributed by atoms with Gasteiger partial charge in [0, 0.05) is 18.5 Å². The highest BCUT2D eigenvalue weighted by atomic mass is 15.2. The molecule has 0 spiro atoms. The minimum absolute atomic E-state index is 0.979. The Balaban J connectivity index is 0.000000281. The average Bonchev–Trinajstić information content (AvgIpc) is 2.51. The van der Waals surface area contributed by atoms with Gasteiger partial charge in [-0.25, -0.2) is 9.50 Å². The van der Waals surface area contributed by atoms with Gasteiger partial charge in [-0.2, -0.15) is 0 Å². The van der Waals surface area contributed by atoms with Crippen molar-refractivity contribution in [3.63, 3.8) is 0 Å². The molecule has 0 fully saturated rings. The fourth-order valence-electron chi connectivity index (χ4n) is 0.929. The van der Waals surface area contributed by atoms with Gasteiger partial charge in [0.15, 0.2) is 5.65 Å². The van der Waals surface area contributed by atoms with E-state index in [0.717, 1.165) is 11.3 Å². The Morgan fingerprint density at radius 3 is 2.82 bits per heavy atom. The molecular weight excluding hydrogens is 138 g/mol. The van der Waals surface area contributed by atoms with Gasteiger partial charge < -0.3 is 5.10 Å². The molecule has 0 saturated heterocycles. The number of hydrogen-bond acceptors (Lipinski definition) is 1. The van der Waals surface area contributed by atoms with Crippen molar-refractivity contribution in [2.45, 2.75) is 20.8 Å². The van der Waals surface area contributed by atoms with E-state index >= 15 is 0 Å². The number of nitrogens with one attached hydrogen (secondary N) is 1. The number of imidazole rings is 1. The minimum Gasteiger partial charge on any atom is -0.300 e. The van der Waals surface area contributed by atoms with Gasteiger partial charge in [-0.1, -0.05) is 13.8 Å². The van der Waals surface area contributed by atoms with Crippen LogP contribution in [0.4, 0.5) is 0 Å². The zero-order valence-electron chi connectivity index (χ0n) is 7.13. The van der Waals surface area contributed by atoms with Crippen molar-refractivity contribution >= 4 is 5.65 Å². The largest absolute Gasteiger partial charge is 0.300 e. The molecule has 0 bridgehead atoms. The molecule has 2 heterocycles. The van der Waals surface area contributed by atoms with Gasteiger partial charge in [-0.15, -0.1) is 0 Å². The van der Waals surface area contributed by atoms with Gasteiger partial charge >= 0.3 is 0 Å². The van der Waals surface area contributed by atoms with E-state index in [1.54, 1.807) is 0 Å². The molecule has 0 radical (unpaired) electrons. The smallest absolute Gasteiger partial charge is 0.153 e. The molecule has 3 nitrogen and oxygen atoms in total. The van der Waals surface area contributed by atoms with E-state index in [9.17, 15) is 0 Å². The minimum atomic E-state index is 0.979. The predicted octanol–water partition coefficient (Wildman–Crippen LogP) is 2.00. The first-order chi connectivity index (χ1) is 5.36. The van der Waals surface area contributed by atoms with Gasteiger partial charge in [-0.05, 0) is 6.92 Å². The molecule has 0 amide bonds. The van der Waals surface area contributed by atoms with Crippen molar-refractivity contribution in [3.8, 4) is 0 Å². The number of H-pyrrole nitrogens is 1. The molecule has 60 valence electrons. The lowest BCUT2D eigenvalue weighted by Crippen LogP contribution is -1.75. The van der Waals surface area contributed by atoms with Crippen molar-refractivity contribution in [2.24, 2.45) is 0 Å². The van der Waals surface area contributed by atoms with Crippen LogP contribution in [0.5, 0.6) is 0 Å². The third-order valence-corrected chi connectivity index (χ3v) is 1.30. The number of fused-ring (bicyclic) bond motifs is 1. The summed E-state index contributed by atoms with van der Waals surface area (Å²) in [4.78, 5) is 4.20. The van der Waals surface area contributed by atoms with Crippen LogP contribution in [0.2, 0.25) is 0 Å². The molecule has 2 aromatic rings. The zero-order chi connectivity index (χ0) is 8.27. The molecule has 0 unspecified atom stereocenters.